The zero-order valence-corrected chi connectivity index (χ0v) is 28.6. The van der Waals surface area contributed by atoms with E-state index in [0.717, 1.165) is 94.5 Å². The quantitative estimate of drug-likeness (QED) is 0.129. The van der Waals surface area contributed by atoms with Gasteiger partial charge in [0.15, 0.2) is 0 Å². The van der Waals surface area contributed by atoms with Crippen LogP contribution in [-0.4, -0.2) is 23.3 Å². The summed E-state index contributed by atoms with van der Waals surface area (Å²) < 4.78 is 8.40. The van der Waals surface area contributed by atoms with Crippen LogP contribution in [0.15, 0.2) is 173 Å². The van der Waals surface area contributed by atoms with E-state index in [1.54, 1.807) is 0 Å². The molecule has 9 aromatic rings. The van der Waals surface area contributed by atoms with E-state index in [-0.39, 0.29) is 0 Å². The van der Waals surface area contributed by atoms with Crippen LogP contribution < -0.4 is 5.32 Å². The van der Waals surface area contributed by atoms with Crippen molar-refractivity contribution in [2.45, 2.75) is 0 Å². The molecule has 1 N–H and O–H groups in total. The van der Waals surface area contributed by atoms with E-state index in [1.807, 2.05) is 67.7 Å². The van der Waals surface area contributed by atoms with E-state index in [2.05, 4.69) is 131 Å². The zero-order valence-electron chi connectivity index (χ0n) is 28.6. The summed E-state index contributed by atoms with van der Waals surface area (Å²) in [4.78, 5) is 9.62. The van der Waals surface area contributed by atoms with Gasteiger partial charge >= 0.3 is 0 Å². The number of nitrogens with zero attached hydrogens (tertiary/aromatic N) is 3. The fourth-order valence-corrected chi connectivity index (χ4v) is 7.27. The first kappa shape index (κ1) is 31.0. The number of hydrogen-bond acceptors (Lipinski definition) is 4. The third-order valence-electron chi connectivity index (χ3n) is 9.74. The lowest BCUT2D eigenvalue weighted by Gasteiger charge is -2.14. The van der Waals surface area contributed by atoms with E-state index in [4.69, 9.17) is 9.40 Å². The van der Waals surface area contributed by atoms with Crippen LogP contribution in [-0.2, 0) is 0 Å². The Labute approximate surface area is 301 Å². The average molecular weight is 671 g/mol. The molecule has 0 aliphatic rings. The molecule has 0 unspecified atom stereocenters. The normalized spacial score (nSPS) is 12.1. The Morgan fingerprint density at radius 1 is 0.673 bits per heavy atom. The van der Waals surface area contributed by atoms with Gasteiger partial charge in [-0.25, -0.2) is 4.98 Å². The van der Waals surface area contributed by atoms with Gasteiger partial charge in [0.05, 0.1) is 22.4 Å². The monoisotopic (exact) mass is 670 g/mol. The molecule has 0 fully saturated rings. The number of pyridine rings is 1. The fourth-order valence-electron chi connectivity index (χ4n) is 7.27. The molecule has 3 aromatic heterocycles. The minimum Gasteiger partial charge on any atom is -0.456 e. The Balaban J connectivity index is 1.24. The molecule has 0 aliphatic heterocycles. The predicted octanol–water partition coefficient (Wildman–Crippen LogP) is 12.2. The van der Waals surface area contributed by atoms with Crippen molar-refractivity contribution in [3.05, 3.63) is 175 Å². The first-order chi connectivity index (χ1) is 25.7. The molecule has 3 heterocycles. The molecular weight excluding hydrogens is 637 g/mol. The van der Waals surface area contributed by atoms with Crippen molar-refractivity contribution < 1.29 is 4.42 Å². The zero-order chi connectivity index (χ0) is 35.0. The highest BCUT2D eigenvalue weighted by atomic mass is 16.3. The summed E-state index contributed by atoms with van der Waals surface area (Å²) in [6, 6.07) is 52.5. The summed E-state index contributed by atoms with van der Waals surface area (Å²) in [5.74, 6) is 0.851. The van der Waals surface area contributed by atoms with E-state index in [9.17, 15) is 0 Å². The van der Waals surface area contributed by atoms with Crippen LogP contribution in [0.3, 0.4) is 0 Å². The van der Waals surface area contributed by atoms with Crippen LogP contribution >= 0.6 is 0 Å². The van der Waals surface area contributed by atoms with E-state index < -0.39 is 0 Å². The standard InChI is InChI=1S/C47H34N4O/c1-48-40(31-14-4-3-5-15-31)21-12-16-32-28-38-35-18-7-10-23-43(35)51(44(38)30-37(32)34-17-6-9-20-42(34)49-2)47-25-13-22-41(50-47)33-26-27-46-39(29-33)36-19-8-11-24-45(36)52-46/h3-30,49H,1H2,2H3/b16-12-,40-21-. The third kappa shape index (κ3) is 5.36. The second-order valence-electron chi connectivity index (χ2n) is 12.7. The number of allylic oxidation sites excluding steroid dienone is 2. The SMILES string of the molecule is C=N/C(=C\C=C/c1cc2c3ccccc3n(-c3cccc(-c4ccc5oc6ccccc6c5c4)n3)c2cc1-c1ccccc1NC)c1ccccc1. The number of anilines is 1. The molecule has 0 saturated carbocycles. The van der Waals surface area contributed by atoms with Gasteiger partial charge in [0.2, 0.25) is 0 Å². The molecule has 0 bridgehead atoms. The Kier molecular flexibility index (Phi) is 7.79. The third-order valence-corrected chi connectivity index (χ3v) is 9.74. The predicted molar refractivity (Wildman–Crippen MR) is 219 cm³/mol. The number of hydrogen-bond donors (Lipinski definition) is 1. The number of furan rings is 1. The maximum atomic E-state index is 6.11. The summed E-state index contributed by atoms with van der Waals surface area (Å²) in [6.07, 6.45) is 6.24. The van der Waals surface area contributed by atoms with Gasteiger partial charge in [-0.1, -0.05) is 103 Å². The number of para-hydroxylation sites is 3. The molecule has 0 saturated heterocycles. The van der Waals surface area contributed by atoms with Gasteiger partial charge in [-0.15, -0.1) is 0 Å². The number of aliphatic imine (C=N–C) groups is 1. The molecule has 52 heavy (non-hydrogen) atoms. The summed E-state index contributed by atoms with van der Waals surface area (Å²) in [7, 11) is 1.97. The second-order valence-corrected chi connectivity index (χ2v) is 12.7. The largest absolute Gasteiger partial charge is 0.456 e. The van der Waals surface area contributed by atoms with Crippen LogP contribution in [0.2, 0.25) is 0 Å². The van der Waals surface area contributed by atoms with Crippen LogP contribution in [0.5, 0.6) is 0 Å². The Hall–Kier alpha value is -6.98. The maximum absolute atomic E-state index is 6.11. The van der Waals surface area contributed by atoms with Crippen LogP contribution in [0, 0.1) is 0 Å². The lowest BCUT2D eigenvalue weighted by atomic mass is 9.95. The molecule has 0 atom stereocenters. The Bertz CT molecular complexity index is 2860. The van der Waals surface area contributed by atoms with Crippen molar-refractivity contribution in [1.82, 2.24) is 9.55 Å². The lowest BCUT2D eigenvalue weighted by Crippen LogP contribution is -1.99. The highest BCUT2D eigenvalue weighted by Gasteiger charge is 2.18. The summed E-state index contributed by atoms with van der Waals surface area (Å²) in [5, 5.41) is 7.90. The van der Waals surface area contributed by atoms with E-state index in [1.165, 1.54) is 0 Å². The van der Waals surface area contributed by atoms with Gasteiger partial charge in [0, 0.05) is 51.0 Å². The van der Waals surface area contributed by atoms with Crippen LogP contribution in [0.1, 0.15) is 11.1 Å². The Morgan fingerprint density at radius 2 is 1.44 bits per heavy atom. The van der Waals surface area contributed by atoms with Crippen LogP contribution in [0.25, 0.3) is 83.7 Å². The molecule has 0 spiro atoms. The molecular formula is C47H34N4O. The van der Waals surface area contributed by atoms with Crippen molar-refractivity contribution in [2.75, 3.05) is 12.4 Å². The number of nitrogens with one attached hydrogen (secondary N) is 1. The van der Waals surface area contributed by atoms with E-state index >= 15 is 0 Å². The molecule has 6 aromatic carbocycles. The number of rotatable bonds is 8. The molecule has 9 rings (SSSR count). The summed E-state index contributed by atoms with van der Waals surface area (Å²) in [5.41, 5.74) is 12.1. The number of fused-ring (bicyclic) bond motifs is 6. The topological polar surface area (TPSA) is 55.4 Å². The molecule has 5 nitrogen and oxygen atoms in total. The molecule has 0 amide bonds. The van der Waals surface area contributed by atoms with Crippen molar-refractivity contribution in [3.8, 4) is 28.2 Å². The van der Waals surface area contributed by atoms with Crippen molar-refractivity contribution >= 4 is 67.9 Å². The van der Waals surface area contributed by atoms with Gasteiger partial charge < -0.3 is 9.73 Å². The molecule has 5 heteroatoms. The van der Waals surface area contributed by atoms with Crippen LogP contribution in [0.4, 0.5) is 5.69 Å². The lowest BCUT2D eigenvalue weighted by molar-refractivity contribution is 0.669. The van der Waals surface area contributed by atoms with Gasteiger partial charge in [0.1, 0.15) is 17.0 Å². The number of benzene rings is 6. The molecule has 0 aliphatic carbocycles. The van der Waals surface area contributed by atoms with Gasteiger partial charge in [-0.2, -0.15) is 0 Å². The summed E-state index contributed by atoms with van der Waals surface area (Å²) >= 11 is 0. The fraction of sp³-hybridized carbons (Fsp3) is 0.0213. The highest BCUT2D eigenvalue weighted by molar-refractivity contribution is 6.12. The smallest absolute Gasteiger partial charge is 0.138 e. The molecule has 0 radical (unpaired) electrons. The van der Waals surface area contributed by atoms with Gasteiger partial charge in [0.25, 0.3) is 0 Å². The Morgan fingerprint density at radius 3 is 2.31 bits per heavy atom. The van der Waals surface area contributed by atoms with Gasteiger partial charge in [-0.05, 0) is 84.6 Å². The maximum Gasteiger partial charge on any atom is 0.138 e. The van der Waals surface area contributed by atoms with Crippen molar-refractivity contribution in [3.63, 3.8) is 0 Å². The highest BCUT2D eigenvalue weighted by Crippen LogP contribution is 2.40. The van der Waals surface area contributed by atoms with Gasteiger partial charge in [-0.3, -0.25) is 9.56 Å². The first-order valence-electron chi connectivity index (χ1n) is 17.3. The minimum atomic E-state index is 0.817. The minimum absolute atomic E-state index is 0.817. The summed E-state index contributed by atoms with van der Waals surface area (Å²) in [6.45, 7) is 3.83. The van der Waals surface area contributed by atoms with Crippen molar-refractivity contribution in [2.24, 2.45) is 4.99 Å². The molecule has 248 valence electrons. The first-order valence-corrected chi connectivity index (χ1v) is 17.3. The second kappa shape index (κ2) is 13.0. The van der Waals surface area contributed by atoms with E-state index in [0.29, 0.717) is 0 Å². The average Bonchev–Trinajstić information content (AvgIpc) is 3.74. The van der Waals surface area contributed by atoms with Crippen molar-refractivity contribution in [1.29, 1.82) is 0 Å². The number of aromatic nitrogens is 2.